The molecule has 3 heterocycles. The molecule has 3 amide bonds. The van der Waals surface area contributed by atoms with Crippen LogP contribution in [-0.4, -0.2) is 79.4 Å². The summed E-state index contributed by atoms with van der Waals surface area (Å²) in [4.78, 5) is 48.9. The Kier molecular flexibility index (Phi) is 10.6. The summed E-state index contributed by atoms with van der Waals surface area (Å²) >= 11 is 0. The molecule has 5 rings (SSSR count). The molecule has 0 spiro atoms. The molecule has 0 saturated carbocycles. The van der Waals surface area contributed by atoms with Gasteiger partial charge in [0.05, 0.1) is 13.0 Å². The highest BCUT2D eigenvalue weighted by Crippen LogP contribution is 2.34. The highest BCUT2D eigenvalue weighted by atomic mass is 16.5. The Bertz CT molecular complexity index is 1520. The van der Waals surface area contributed by atoms with E-state index in [1.54, 1.807) is 18.2 Å². The zero-order chi connectivity index (χ0) is 31.8. The number of rotatable bonds is 11. The van der Waals surface area contributed by atoms with Crippen molar-refractivity contribution in [2.24, 2.45) is 5.41 Å². The number of methoxy groups -OCH3 is 1. The minimum atomic E-state index is -0.567. The van der Waals surface area contributed by atoms with E-state index in [4.69, 9.17) is 4.74 Å². The number of likely N-dealkylation sites (tertiary alicyclic amines) is 1. The number of hydrogen-bond acceptors (Lipinski definition) is 7. The van der Waals surface area contributed by atoms with E-state index in [2.05, 4.69) is 25.8 Å². The standard InChI is InChI=1S/C35H44N6O4/c1-35(12-15-40(16-13-35)17-18-45-3)34(44)41(23-28-8-5-4-7-27(28)22-36-2)24-32(43)38-30-11-10-25-19-26-9-6-14-37-33(26)39-31(42)21-29(25)20-30/h4-11,14,20,36H,12-13,15-19,21-24H2,1-3H3,(H,38,43)(H,37,39,42). The van der Waals surface area contributed by atoms with Gasteiger partial charge < -0.3 is 30.5 Å². The van der Waals surface area contributed by atoms with Crippen LogP contribution in [0.5, 0.6) is 0 Å². The second-order valence-electron chi connectivity index (χ2n) is 12.3. The number of piperidine rings is 1. The molecule has 2 aliphatic heterocycles. The topological polar surface area (TPSA) is 116 Å². The van der Waals surface area contributed by atoms with Crippen molar-refractivity contribution in [1.29, 1.82) is 0 Å². The average Bonchev–Trinajstić information content (AvgIpc) is 3.02. The number of anilines is 2. The number of fused-ring (bicyclic) bond motifs is 2. The van der Waals surface area contributed by atoms with Gasteiger partial charge in [0.2, 0.25) is 17.7 Å². The maximum atomic E-state index is 14.2. The van der Waals surface area contributed by atoms with Crippen molar-refractivity contribution in [2.75, 3.05) is 57.6 Å². The van der Waals surface area contributed by atoms with E-state index in [9.17, 15) is 14.4 Å². The van der Waals surface area contributed by atoms with Crippen molar-refractivity contribution in [3.63, 3.8) is 0 Å². The predicted octanol–water partition coefficient (Wildman–Crippen LogP) is 3.60. The number of benzene rings is 2. The van der Waals surface area contributed by atoms with E-state index < -0.39 is 5.41 Å². The lowest BCUT2D eigenvalue weighted by molar-refractivity contribution is -0.146. The van der Waals surface area contributed by atoms with Gasteiger partial charge in [-0.3, -0.25) is 14.4 Å². The first-order valence-electron chi connectivity index (χ1n) is 15.7. The van der Waals surface area contributed by atoms with Crippen LogP contribution in [0.15, 0.2) is 60.8 Å². The molecular weight excluding hydrogens is 568 g/mol. The molecule has 10 nitrogen and oxygen atoms in total. The molecule has 2 aliphatic rings. The van der Waals surface area contributed by atoms with Gasteiger partial charge in [-0.05, 0) is 79.0 Å². The van der Waals surface area contributed by atoms with E-state index in [-0.39, 0.29) is 30.7 Å². The van der Waals surface area contributed by atoms with Gasteiger partial charge in [0.25, 0.3) is 0 Å². The van der Waals surface area contributed by atoms with Crippen molar-refractivity contribution in [3.8, 4) is 0 Å². The van der Waals surface area contributed by atoms with Gasteiger partial charge in [0.1, 0.15) is 12.4 Å². The van der Waals surface area contributed by atoms with Gasteiger partial charge >= 0.3 is 0 Å². The van der Waals surface area contributed by atoms with Crippen LogP contribution in [0, 0.1) is 5.41 Å². The first kappa shape index (κ1) is 32.3. The minimum Gasteiger partial charge on any atom is -0.383 e. The van der Waals surface area contributed by atoms with Crippen LogP contribution in [0.3, 0.4) is 0 Å². The first-order valence-corrected chi connectivity index (χ1v) is 15.7. The third-order valence-corrected chi connectivity index (χ3v) is 8.93. The van der Waals surface area contributed by atoms with Crippen molar-refractivity contribution in [3.05, 3.63) is 88.6 Å². The summed E-state index contributed by atoms with van der Waals surface area (Å²) in [5.41, 5.74) is 4.93. The zero-order valence-electron chi connectivity index (χ0n) is 26.5. The summed E-state index contributed by atoms with van der Waals surface area (Å²) in [7, 11) is 3.60. The van der Waals surface area contributed by atoms with Crippen LogP contribution in [0.1, 0.15) is 47.6 Å². The van der Waals surface area contributed by atoms with Crippen LogP contribution >= 0.6 is 0 Å². The highest BCUT2D eigenvalue weighted by molar-refractivity contribution is 5.96. The Morgan fingerprint density at radius 2 is 1.80 bits per heavy atom. The molecule has 10 heteroatoms. The molecule has 0 bridgehead atoms. The number of nitrogens with zero attached hydrogens (tertiary/aromatic N) is 3. The molecule has 0 radical (unpaired) electrons. The van der Waals surface area contributed by atoms with Gasteiger partial charge in [-0.1, -0.05) is 43.3 Å². The first-order chi connectivity index (χ1) is 21.8. The number of carbonyl (C=O) groups excluding carboxylic acids is 3. The Balaban J connectivity index is 1.33. The van der Waals surface area contributed by atoms with Crippen LogP contribution in [0.2, 0.25) is 0 Å². The van der Waals surface area contributed by atoms with E-state index in [0.717, 1.165) is 60.3 Å². The van der Waals surface area contributed by atoms with Crippen molar-refractivity contribution in [1.82, 2.24) is 20.1 Å². The summed E-state index contributed by atoms with van der Waals surface area (Å²) in [6.07, 6.45) is 3.92. The Hall–Kier alpha value is -4.12. The lowest BCUT2D eigenvalue weighted by Crippen LogP contribution is -2.50. The quantitative estimate of drug-likeness (QED) is 0.303. The molecule has 0 atom stereocenters. The molecule has 3 aromatic rings. The fraction of sp³-hybridized carbons (Fsp3) is 0.429. The third kappa shape index (κ3) is 8.13. The van der Waals surface area contributed by atoms with Crippen molar-refractivity contribution in [2.45, 2.75) is 45.7 Å². The Labute approximate surface area is 265 Å². The van der Waals surface area contributed by atoms with Crippen LogP contribution in [0.4, 0.5) is 11.5 Å². The lowest BCUT2D eigenvalue weighted by atomic mass is 9.79. The Morgan fingerprint density at radius 1 is 1.02 bits per heavy atom. The number of hydrogen-bond donors (Lipinski definition) is 3. The largest absolute Gasteiger partial charge is 0.383 e. The number of carbonyl (C=O) groups is 3. The molecule has 0 aliphatic carbocycles. The summed E-state index contributed by atoms with van der Waals surface area (Å²) in [6, 6.07) is 17.5. The molecule has 1 fully saturated rings. The predicted molar refractivity (Wildman–Crippen MR) is 175 cm³/mol. The number of aromatic nitrogens is 1. The van der Waals surface area contributed by atoms with Gasteiger partial charge in [0, 0.05) is 50.5 Å². The number of nitrogens with one attached hydrogen (secondary N) is 3. The molecule has 3 N–H and O–H groups in total. The molecule has 1 saturated heterocycles. The monoisotopic (exact) mass is 612 g/mol. The van der Waals surface area contributed by atoms with Crippen LogP contribution in [0.25, 0.3) is 0 Å². The maximum Gasteiger partial charge on any atom is 0.244 e. The zero-order valence-corrected chi connectivity index (χ0v) is 26.5. The summed E-state index contributed by atoms with van der Waals surface area (Å²) in [5, 5.41) is 9.10. The fourth-order valence-electron chi connectivity index (χ4n) is 6.23. The highest BCUT2D eigenvalue weighted by Gasteiger charge is 2.40. The molecule has 238 valence electrons. The smallest absolute Gasteiger partial charge is 0.244 e. The summed E-state index contributed by atoms with van der Waals surface area (Å²) < 4.78 is 5.25. The fourth-order valence-corrected chi connectivity index (χ4v) is 6.23. The van der Waals surface area contributed by atoms with E-state index in [1.807, 2.05) is 68.6 Å². The van der Waals surface area contributed by atoms with Gasteiger partial charge in [-0.15, -0.1) is 0 Å². The molecular formula is C35H44N6O4. The summed E-state index contributed by atoms with van der Waals surface area (Å²) in [5.74, 6) is 0.143. The van der Waals surface area contributed by atoms with Crippen LogP contribution in [-0.2, 0) is 45.1 Å². The van der Waals surface area contributed by atoms with Gasteiger partial charge in [-0.2, -0.15) is 0 Å². The average molecular weight is 613 g/mol. The van der Waals surface area contributed by atoms with Gasteiger partial charge in [0.15, 0.2) is 0 Å². The normalized spacial score (nSPS) is 16.0. The second-order valence-corrected chi connectivity index (χ2v) is 12.3. The lowest BCUT2D eigenvalue weighted by Gasteiger charge is -2.41. The SMILES string of the molecule is CNCc1ccccc1CN(CC(=O)Nc1ccc2c(c1)CC(=O)Nc1ncccc1C2)C(=O)C1(C)CCN(CCOC)CC1. The minimum absolute atomic E-state index is 0.00886. The van der Waals surface area contributed by atoms with Crippen molar-refractivity contribution < 1.29 is 19.1 Å². The number of amides is 3. The van der Waals surface area contributed by atoms with E-state index in [1.165, 1.54) is 0 Å². The molecule has 0 unspecified atom stereocenters. The summed E-state index contributed by atoms with van der Waals surface area (Å²) in [6.45, 7) is 6.08. The Morgan fingerprint density at radius 3 is 2.56 bits per heavy atom. The maximum absolute atomic E-state index is 14.2. The van der Waals surface area contributed by atoms with E-state index in [0.29, 0.717) is 37.6 Å². The van der Waals surface area contributed by atoms with Crippen LogP contribution < -0.4 is 16.0 Å². The van der Waals surface area contributed by atoms with E-state index >= 15 is 0 Å². The van der Waals surface area contributed by atoms with Crippen molar-refractivity contribution >= 4 is 29.2 Å². The molecule has 2 aromatic carbocycles. The van der Waals surface area contributed by atoms with Gasteiger partial charge in [-0.25, -0.2) is 4.98 Å². The molecule has 1 aromatic heterocycles. The molecule has 45 heavy (non-hydrogen) atoms. The number of ether oxygens (including phenoxy) is 1. The number of pyridine rings is 1. The third-order valence-electron chi connectivity index (χ3n) is 8.93. The second kappa shape index (κ2) is 14.8.